The fourth-order valence-corrected chi connectivity index (χ4v) is 3.35. The van der Waals surface area contributed by atoms with E-state index in [4.69, 9.17) is 11.6 Å². The lowest BCUT2D eigenvalue weighted by Crippen LogP contribution is -2.15. The van der Waals surface area contributed by atoms with Crippen LogP contribution in [0.2, 0.25) is 5.02 Å². The van der Waals surface area contributed by atoms with Crippen LogP contribution in [0.4, 0.5) is 5.82 Å². The summed E-state index contributed by atoms with van der Waals surface area (Å²) in [6, 6.07) is 8.88. The number of benzene rings is 1. The molecule has 0 radical (unpaired) electrons. The fourth-order valence-electron chi connectivity index (χ4n) is 2.38. The topological polar surface area (TPSA) is 84.2 Å². The number of halogens is 1. The van der Waals surface area contributed by atoms with Crippen molar-refractivity contribution in [2.24, 2.45) is 7.05 Å². The molecular formula is C17H14ClN3O3S. The van der Waals surface area contributed by atoms with Gasteiger partial charge in [-0.25, -0.2) is 4.79 Å². The molecule has 0 saturated carbocycles. The van der Waals surface area contributed by atoms with E-state index in [9.17, 15) is 14.7 Å². The van der Waals surface area contributed by atoms with Gasteiger partial charge in [0.05, 0.1) is 9.90 Å². The van der Waals surface area contributed by atoms with Crippen molar-refractivity contribution in [3.8, 4) is 11.3 Å². The van der Waals surface area contributed by atoms with Crippen molar-refractivity contribution in [1.82, 2.24) is 9.78 Å². The largest absolute Gasteiger partial charge is 0.477 e. The molecule has 0 saturated heterocycles. The Morgan fingerprint density at radius 3 is 2.52 bits per heavy atom. The summed E-state index contributed by atoms with van der Waals surface area (Å²) in [7, 11) is 1.58. The molecule has 3 rings (SSSR count). The third-order valence-corrected chi connectivity index (χ3v) is 4.89. The molecule has 0 aliphatic carbocycles. The molecule has 0 aliphatic rings. The zero-order valence-electron chi connectivity index (χ0n) is 13.4. The number of amides is 1. The van der Waals surface area contributed by atoms with Gasteiger partial charge in [-0.05, 0) is 13.0 Å². The van der Waals surface area contributed by atoms with E-state index in [0.29, 0.717) is 21.2 Å². The van der Waals surface area contributed by atoms with Crippen LogP contribution in [0.1, 0.15) is 25.6 Å². The lowest BCUT2D eigenvalue weighted by Gasteiger charge is -2.05. The maximum atomic E-state index is 12.4. The number of hydrogen-bond donors (Lipinski definition) is 2. The van der Waals surface area contributed by atoms with Crippen molar-refractivity contribution >= 4 is 40.6 Å². The molecule has 2 heterocycles. The predicted octanol–water partition coefficient (Wildman–Crippen LogP) is 4.06. The molecule has 3 aromatic rings. The van der Waals surface area contributed by atoms with Crippen molar-refractivity contribution in [1.29, 1.82) is 0 Å². The van der Waals surface area contributed by atoms with Gasteiger partial charge in [-0.15, -0.1) is 11.3 Å². The Morgan fingerprint density at radius 2 is 1.96 bits per heavy atom. The molecule has 0 spiro atoms. The first-order valence-corrected chi connectivity index (χ1v) is 8.55. The Hall–Kier alpha value is -2.64. The molecule has 128 valence electrons. The standard InChI is InChI=1S/C17H14ClN3O3S/c1-9-3-5-10(6-4-9)14-13(17(23)24)15(21(2)20-14)19-16(22)12-7-11(18)8-25-12/h3-8H,1-2H3,(H,19,22)(H,23,24). The number of carbonyl (C=O) groups is 2. The van der Waals surface area contributed by atoms with Crippen LogP contribution in [-0.4, -0.2) is 26.8 Å². The average Bonchev–Trinajstić information content (AvgIpc) is 3.12. The minimum Gasteiger partial charge on any atom is -0.477 e. The van der Waals surface area contributed by atoms with Gasteiger partial charge in [0.2, 0.25) is 0 Å². The van der Waals surface area contributed by atoms with Gasteiger partial charge in [0.1, 0.15) is 17.1 Å². The highest BCUT2D eigenvalue weighted by Crippen LogP contribution is 2.29. The first-order valence-electron chi connectivity index (χ1n) is 7.29. The second-order valence-corrected chi connectivity index (χ2v) is 6.80. The maximum absolute atomic E-state index is 12.4. The van der Waals surface area contributed by atoms with E-state index in [1.165, 1.54) is 22.1 Å². The van der Waals surface area contributed by atoms with Gasteiger partial charge in [0.15, 0.2) is 0 Å². The van der Waals surface area contributed by atoms with E-state index in [1.54, 1.807) is 24.6 Å². The molecule has 25 heavy (non-hydrogen) atoms. The summed E-state index contributed by atoms with van der Waals surface area (Å²) >= 11 is 7.02. The number of hydrogen-bond acceptors (Lipinski definition) is 4. The summed E-state index contributed by atoms with van der Waals surface area (Å²) in [5.41, 5.74) is 1.97. The summed E-state index contributed by atoms with van der Waals surface area (Å²) in [4.78, 5) is 24.5. The van der Waals surface area contributed by atoms with Crippen molar-refractivity contribution < 1.29 is 14.7 Å². The van der Waals surface area contributed by atoms with Crippen LogP contribution in [0.3, 0.4) is 0 Å². The van der Waals surface area contributed by atoms with Gasteiger partial charge in [-0.2, -0.15) is 5.10 Å². The van der Waals surface area contributed by atoms with Gasteiger partial charge in [-0.1, -0.05) is 41.4 Å². The van der Waals surface area contributed by atoms with Gasteiger partial charge in [0, 0.05) is 18.0 Å². The van der Waals surface area contributed by atoms with E-state index < -0.39 is 11.9 Å². The lowest BCUT2D eigenvalue weighted by molar-refractivity contribution is 0.0699. The molecule has 1 amide bonds. The molecule has 0 aliphatic heterocycles. The van der Waals surface area contributed by atoms with Crippen molar-refractivity contribution in [3.05, 3.63) is 56.7 Å². The first-order chi connectivity index (χ1) is 11.9. The van der Waals surface area contributed by atoms with E-state index in [0.717, 1.165) is 5.56 Å². The van der Waals surface area contributed by atoms with E-state index in [1.807, 2.05) is 19.1 Å². The van der Waals surface area contributed by atoms with Crippen molar-refractivity contribution in [2.45, 2.75) is 6.92 Å². The number of nitrogens with one attached hydrogen (secondary N) is 1. The Kier molecular flexibility index (Phi) is 4.61. The number of carboxylic acid groups (broad SMARTS) is 1. The highest BCUT2D eigenvalue weighted by atomic mass is 35.5. The van der Waals surface area contributed by atoms with E-state index >= 15 is 0 Å². The molecule has 0 atom stereocenters. The van der Waals surface area contributed by atoms with Crippen LogP contribution in [0.5, 0.6) is 0 Å². The van der Waals surface area contributed by atoms with Crippen LogP contribution in [0.15, 0.2) is 35.7 Å². The van der Waals surface area contributed by atoms with Gasteiger partial charge in [-0.3, -0.25) is 9.48 Å². The quantitative estimate of drug-likeness (QED) is 0.720. The number of aryl methyl sites for hydroxylation is 2. The molecule has 6 nitrogen and oxygen atoms in total. The molecule has 0 bridgehead atoms. The molecule has 1 aromatic carbocycles. The number of thiophene rings is 1. The van der Waals surface area contributed by atoms with Crippen LogP contribution in [0, 0.1) is 6.92 Å². The monoisotopic (exact) mass is 375 g/mol. The second-order valence-electron chi connectivity index (χ2n) is 5.45. The molecule has 0 unspecified atom stereocenters. The normalized spacial score (nSPS) is 10.7. The van der Waals surface area contributed by atoms with Crippen molar-refractivity contribution in [3.63, 3.8) is 0 Å². The van der Waals surface area contributed by atoms with Crippen LogP contribution in [-0.2, 0) is 7.05 Å². The van der Waals surface area contributed by atoms with Gasteiger partial charge in [0.25, 0.3) is 5.91 Å². The summed E-state index contributed by atoms with van der Waals surface area (Å²) < 4.78 is 1.35. The Balaban J connectivity index is 2.03. The van der Waals surface area contributed by atoms with Crippen LogP contribution < -0.4 is 5.32 Å². The smallest absolute Gasteiger partial charge is 0.341 e. The summed E-state index contributed by atoms with van der Waals surface area (Å²) in [5.74, 6) is -1.47. The van der Waals surface area contributed by atoms with Crippen molar-refractivity contribution in [2.75, 3.05) is 5.32 Å². The summed E-state index contributed by atoms with van der Waals surface area (Å²) in [6.45, 7) is 1.94. The highest BCUT2D eigenvalue weighted by Gasteiger charge is 2.25. The minimum absolute atomic E-state index is 0.0534. The van der Waals surface area contributed by atoms with Gasteiger partial charge < -0.3 is 10.4 Å². The third-order valence-electron chi connectivity index (χ3n) is 3.61. The number of aromatic nitrogens is 2. The fraction of sp³-hybridized carbons (Fsp3) is 0.118. The zero-order valence-corrected chi connectivity index (χ0v) is 15.0. The lowest BCUT2D eigenvalue weighted by atomic mass is 10.1. The number of rotatable bonds is 4. The Bertz CT molecular complexity index is 960. The SMILES string of the molecule is Cc1ccc(-c2nn(C)c(NC(=O)c3cc(Cl)cs3)c2C(=O)O)cc1. The van der Waals surface area contributed by atoms with E-state index in [2.05, 4.69) is 10.4 Å². The number of anilines is 1. The van der Waals surface area contributed by atoms with Crippen LogP contribution >= 0.6 is 22.9 Å². The molecule has 2 aromatic heterocycles. The average molecular weight is 376 g/mol. The molecule has 2 N–H and O–H groups in total. The highest BCUT2D eigenvalue weighted by molar-refractivity contribution is 7.12. The Morgan fingerprint density at radius 1 is 1.28 bits per heavy atom. The molecular weight excluding hydrogens is 362 g/mol. The summed E-state index contributed by atoms with van der Waals surface area (Å²) in [6.07, 6.45) is 0. The number of carbonyl (C=O) groups excluding carboxylic acids is 1. The van der Waals surface area contributed by atoms with Gasteiger partial charge >= 0.3 is 5.97 Å². The molecule has 8 heteroatoms. The number of carboxylic acids is 1. The number of aromatic carboxylic acids is 1. The first kappa shape index (κ1) is 17.2. The zero-order chi connectivity index (χ0) is 18.1. The Labute approximate surface area is 152 Å². The third kappa shape index (κ3) is 3.42. The number of nitrogens with zero attached hydrogens (tertiary/aromatic N) is 2. The minimum atomic E-state index is -1.16. The van der Waals surface area contributed by atoms with E-state index in [-0.39, 0.29) is 11.4 Å². The van der Waals surface area contributed by atoms with Crippen LogP contribution in [0.25, 0.3) is 11.3 Å². The maximum Gasteiger partial charge on any atom is 0.341 e. The summed E-state index contributed by atoms with van der Waals surface area (Å²) in [5, 5.41) is 18.6. The predicted molar refractivity (Wildman–Crippen MR) is 97.6 cm³/mol. The second kappa shape index (κ2) is 6.70. The molecule has 0 fully saturated rings.